The molecule has 1 aliphatic rings. The molecule has 6 nitrogen and oxygen atoms in total. The van der Waals surface area contributed by atoms with Gasteiger partial charge in [-0.25, -0.2) is 0 Å². The first-order chi connectivity index (χ1) is 15.2. The molecule has 2 aromatic rings. The normalized spacial score (nSPS) is 14.7. The zero-order valence-electron chi connectivity index (χ0n) is 18.6. The van der Waals surface area contributed by atoms with E-state index < -0.39 is 0 Å². The number of rotatable bonds is 8. The summed E-state index contributed by atoms with van der Waals surface area (Å²) in [5.74, 6) is 1.63. The van der Waals surface area contributed by atoms with Crippen molar-refractivity contribution in [3.63, 3.8) is 0 Å². The lowest BCUT2D eigenvalue weighted by molar-refractivity contribution is 0.0963. The molecule has 1 aliphatic carbocycles. The highest BCUT2D eigenvalue weighted by Gasteiger charge is 2.14. The molecule has 6 heteroatoms. The number of aliphatic imine (C=N–C) groups is 1. The van der Waals surface area contributed by atoms with Gasteiger partial charge in [-0.2, -0.15) is 0 Å². The molecule has 0 unspecified atom stereocenters. The summed E-state index contributed by atoms with van der Waals surface area (Å²) in [6, 6.07) is 16.0. The minimum absolute atomic E-state index is 0.0676. The van der Waals surface area contributed by atoms with E-state index in [-0.39, 0.29) is 5.91 Å². The molecule has 2 aromatic carbocycles. The van der Waals surface area contributed by atoms with E-state index in [0.29, 0.717) is 18.2 Å². The Bertz CT molecular complexity index is 875. The summed E-state index contributed by atoms with van der Waals surface area (Å²) in [6.45, 7) is 1.40. The molecule has 3 N–H and O–H groups in total. The third-order valence-corrected chi connectivity index (χ3v) is 5.56. The van der Waals surface area contributed by atoms with Gasteiger partial charge in [-0.15, -0.1) is 0 Å². The van der Waals surface area contributed by atoms with Gasteiger partial charge >= 0.3 is 0 Å². The van der Waals surface area contributed by atoms with Gasteiger partial charge in [0.25, 0.3) is 5.91 Å². The molecule has 0 atom stereocenters. The Hall–Kier alpha value is -3.02. The number of nitrogens with zero attached hydrogens (tertiary/aromatic N) is 1. The number of carbonyl (C=O) groups is 1. The van der Waals surface area contributed by atoms with E-state index >= 15 is 0 Å². The lowest BCUT2D eigenvalue weighted by Gasteiger charge is -2.23. The second kappa shape index (κ2) is 12.0. The number of hydrogen-bond acceptors (Lipinski definition) is 3. The van der Waals surface area contributed by atoms with Crippen molar-refractivity contribution in [3.8, 4) is 5.75 Å². The maximum atomic E-state index is 11.8. The van der Waals surface area contributed by atoms with Gasteiger partial charge in [0.2, 0.25) is 0 Å². The molecule has 0 aromatic heterocycles. The van der Waals surface area contributed by atoms with Crippen LogP contribution >= 0.6 is 0 Å². The summed E-state index contributed by atoms with van der Waals surface area (Å²) in [4.78, 5) is 16.1. The molecule has 1 saturated carbocycles. The summed E-state index contributed by atoms with van der Waals surface area (Å²) in [7, 11) is 3.41. The molecule has 1 fully saturated rings. The molecule has 0 radical (unpaired) electrons. The Morgan fingerprint density at radius 3 is 2.58 bits per heavy atom. The Morgan fingerprint density at radius 1 is 1.03 bits per heavy atom. The minimum Gasteiger partial charge on any atom is -0.490 e. The number of benzene rings is 2. The third kappa shape index (κ3) is 7.31. The van der Waals surface area contributed by atoms with Crippen molar-refractivity contribution in [1.29, 1.82) is 0 Å². The fraction of sp³-hybridized carbons (Fsp3) is 0.440. The van der Waals surface area contributed by atoms with Gasteiger partial charge in [0.15, 0.2) is 5.96 Å². The summed E-state index contributed by atoms with van der Waals surface area (Å²) >= 11 is 0. The first-order valence-corrected chi connectivity index (χ1v) is 11.2. The second-order valence-corrected chi connectivity index (χ2v) is 7.91. The van der Waals surface area contributed by atoms with Crippen LogP contribution < -0.4 is 20.7 Å². The van der Waals surface area contributed by atoms with Crippen molar-refractivity contribution in [1.82, 2.24) is 16.0 Å². The number of nitrogens with one attached hydrogen (secondary N) is 3. The molecule has 0 bridgehead atoms. The third-order valence-electron chi connectivity index (χ3n) is 5.56. The first kappa shape index (κ1) is 22.7. The lowest BCUT2D eigenvalue weighted by atomic mass is 9.98. The molecular formula is C25H34N4O2. The van der Waals surface area contributed by atoms with Crippen LogP contribution in [0.15, 0.2) is 53.5 Å². The molecule has 0 spiro atoms. The van der Waals surface area contributed by atoms with Crippen LogP contribution in [-0.4, -0.2) is 38.6 Å². The van der Waals surface area contributed by atoms with Crippen molar-refractivity contribution in [2.75, 3.05) is 20.6 Å². The highest BCUT2D eigenvalue weighted by molar-refractivity contribution is 5.94. The van der Waals surface area contributed by atoms with Gasteiger partial charge in [-0.3, -0.25) is 9.79 Å². The predicted molar refractivity (Wildman–Crippen MR) is 126 cm³/mol. The van der Waals surface area contributed by atoms with Gasteiger partial charge in [-0.1, -0.05) is 30.7 Å². The summed E-state index contributed by atoms with van der Waals surface area (Å²) in [5, 5.41) is 9.36. The number of amides is 1. The molecule has 166 valence electrons. The van der Waals surface area contributed by atoms with Crippen LogP contribution in [0.5, 0.6) is 5.75 Å². The number of ether oxygens (including phenoxy) is 1. The molecule has 3 rings (SSSR count). The average Bonchev–Trinajstić information content (AvgIpc) is 2.82. The average molecular weight is 423 g/mol. The van der Waals surface area contributed by atoms with Crippen LogP contribution in [0.25, 0.3) is 0 Å². The van der Waals surface area contributed by atoms with Crippen molar-refractivity contribution in [3.05, 3.63) is 65.2 Å². The molecule has 0 saturated heterocycles. The monoisotopic (exact) mass is 422 g/mol. The van der Waals surface area contributed by atoms with Crippen LogP contribution in [0.1, 0.15) is 53.6 Å². The predicted octanol–water partition coefficient (Wildman–Crippen LogP) is 3.67. The minimum atomic E-state index is -0.0676. The van der Waals surface area contributed by atoms with Crippen molar-refractivity contribution >= 4 is 11.9 Å². The number of guanidine groups is 1. The van der Waals surface area contributed by atoms with Crippen molar-refractivity contribution in [2.45, 2.75) is 51.2 Å². The van der Waals surface area contributed by atoms with Gasteiger partial charge in [-0.05, 0) is 67.5 Å². The fourth-order valence-electron chi connectivity index (χ4n) is 3.85. The standard InChI is InChI=1S/C25H34N4O2/c1-26-24(30)21-10-6-8-19(16-21)14-15-28-25(27-2)29-18-20-9-7-13-23(17-20)31-22-11-4-3-5-12-22/h6-10,13,16-17,22H,3-5,11-12,14-15,18H2,1-2H3,(H,26,30)(H2,27,28,29). The number of carbonyl (C=O) groups excluding carboxylic acids is 1. The van der Waals surface area contributed by atoms with Crippen LogP contribution in [0.4, 0.5) is 0 Å². The second-order valence-electron chi connectivity index (χ2n) is 7.91. The largest absolute Gasteiger partial charge is 0.490 e. The molecule has 0 heterocycles. The Kier molecular flexibility index (Phi) is 8.76. The maximum absolute atomic E-state index is 11.8. The summed E-state index contributed by atoms with van der Waals surface area (Å²) < 4.78 is 6.18. The van der Waals surface area contributed by atoms with E-state index in [2.05, 4.69) is 33.1 Å². The molecular weight excluding hydrogens is 388 g/mol. The maximum Gasteiger partial charge on any atom is 0.251 e. The van der Waals surface area contributed by atoms with Crippen LogP contribution in [0, 0.1) is 0 Å². The van der Waals surface area contributed by atoms with Gasteiger partial charge in [0.1, 0.15) is 5.75 Å². The molecule has 1 amide bonds. The Balaban J connectivity index is 1.45. The smallest absolute Gasteiger partial charge is 0.251 e. The van der Waals surface area contributed by atoms with Crippen molar-refractivity contribution < 1.29 is 9.53 Å². The first-order valence-electron chi connectivity index (χ1n) is 11.2. The quantitative estimate of drug-likeness (QED) is 0.448. The van der Waals surface area contributed by atoms with E-state index in [4.69, 9.17) is 4.74 Å². The Labute approximate surface area is 185 Å². The van der Waals surface area contributed by atoms with Crippen molar-refractivity contribution in [2.24, 2.45) is 4.99 Å². The SMILES string of the molecule is CN=C(NCCc1cccc(C(=O)NC)c1)NCc1cccc(OC2CCCCC2)c1. The molecule has 0 aliphatic heterocycles. The van der Waals surface area contributed by atoms with Crippen LogP contribution in [-0.2, 0) is 13.0 Å². The van der Waals surface area contributed by atoms with Gasteiger partial charge in [0, 0.05) is 32.7 Å². The highest BCUT2D eigenvalue weighted by atomic mass is 16.5. The lowest BCUT2D eigenvalue weighted by Crippen LogP contribution is -2.37. The van der Waals surface area contributed by atoms with Crippen LogP contribution in [0.3, 0.4) is 0 Å². The van der Waals surface area contributed by atoms with E-state index in [9.17, 15) is 4.79 Å². The molecule has 31 heavy (non-hydrogen) atoms. The summed E-state index contributed by atoms with van der Waals surface area (Å²) in [6.07, 6.45) is 7.34. The zero-order chi connectivity index (χ0) is 21.9. The van der Waals surface area contributed by atoms with Gasteiger partial charge in [0.05, 0.1) is 6.10 Å². The van der Waals surface area contributed by atoms with E-state index in [1.165, 1.54) is 19.3 Å². The number of hydrogen-bond donors (Lipinski definition) is 3. The Morgan fingerprint density at radius 2 is 1.81 bits per heavy atom. The fourth-order valence-corrected chi connectivity index (χ4v) is 3.85. The van der Waals surface area contributed by atoms with Crippen LogP contribution in [0.2, 0.25) is 0 Å². The highest BCUT2D eigenvalue weighted by Crippen LogP contribution is 2.23. The zero-order valence-corrected chi connectivity index (χ0v) is 18.6. The van der Waals surface area contributed by atoms with Gasteiger partial charge < -0.3 is 20.7 Å². The summed E-state index contributed by atoms with van der Waals surface area (Å²) in [5.41, 5.74) is 2.95. The van der Waals surface area contributed by atoms with E-state index in [1.54, 1.807) is 14.1 Å². The topological polar surface area (TPSA) is 74.8 Å². The van der Waals surface area contributed by atoms with E-state index in [1.807, 2.05) is 36.4 Å². The van der Waals surface area contributed by atoms with E-state index in [0.717, 1.165) is 48.6 Å².